The van der Waals surface area contributed by atoms with Gasteiger partial charge in [0.15, 0.2) is 5.54 Å². The molecule has 2 aromatic rings. The van der Waals surface area contributed by atoms with Gasteiger partial charge in [0.2, 0.25) is 5.91 Å². The lowest BCUT2D eigenvalue weighted by atomic mass is 9.89. The van der Waals surface area contributed by atoms with Crippen LogP contribution in [0.3, 0.4) is 0 Å². The minimum absolute atomic E-state index is 0.0739. The van der Waals surface area contributed by atoms with Crippen LogP contribution in [0.25, 0.3) is 0 Å². The highest BCUT2D eigenvalue weighted by molar-refractivity contribution is 5.91. The summed E-state index contributed by atoms with van der Waals surface area (Å²) in [5, 5.41) is 2.92. The van der Waals surface area contributed by atoms with Gasteiger partial charge in [0.1, 0.15) is 11.5 Å². The highest BCUT2D eigenvalue weighted by atomic mass is 16.5. The maximum Gasteiger partial charge on any atom is 0.335 e. The molecule has 0 aliphatic carbocycles. The van der Waals surface area contributed by atoms with Gasteiger partial charge in [-0.3, -0.25) is 4.79 Å². The van der Waals surface area contributed by atoms with E-state index in [1.807, 2.05) is 58.0 Å². The SMILES string of the molecule is CCOc1cc([C@@H](C)N(CCCCc2ccccc2)C(=O)NC2(C(=O)OC)CN(C(C)=O)C2)cc(OCC)c1C. The third-order valence-corrected chi connectivity index (χ3v) is 7.39. The van der Waals surface area contributed by atoms with Crippen molar-refractivity contribution in [2.24, 2.45) is 0 Å². The van der Waals surface area contributed by atoms with E-state index in [9.17, 15) is 14.4 Å². The summed E-state index contributed by atoms with van der Waals surface area (Å²) >= 11 is 0. The maximum absolute atomic E-state index is 13.9. The number of esters is 1. The Hall–Kier alpha value is -3.75. The van der Waals surface area contributed by atoms with E-state index in [0.717, 1.165) is 30.4 Å². The van der Waals surface area contributed by atoms with Crippen molar-refractivity contribution >= 4 is 17.9 Å². The zero-order valence-electron chi connectivity index (χ0n) is 24.6. The molecule has 1 aliphatic heterocycles. The first-order valence-corrected chi connectivity index (χ1v) is 14.0. The summed E-state index contributed by atoms with van der Waals surface area (Å²) in [7, 11) is 1.29. The van der Waals surface area contributed by atoms with Crippen molar-refractivity contribution in [2.75, 3.05) is 40.0 Å². The Kier molecular flexibility index (Phi) is 10.8. The Morgan fingerprint density at radius 1 is 1.02 bits per heavy atom. The van der Waals surface area contributed by atoms with Gasteiger partial charge in [-0.2, -0.15) is 0 Å². The van der Waals surface area contributed by atoms with E-state index in [1.165, 1.54) is 24.5 Å². The van der Waals surface area contributed by atoms with Crippen LogP contribution >= 0.6 is 0 Å². The Morgan fingerprint density at radius 3 is 2.15 bits per heavy atom. The minimum Gasteiger partial charge on any atom is -0.493 e. The largest absolute Gasteiger partial charge is 0.493 e. The Balaban J connectivity index is 1.87. The summed E-state index contributed by atoms with van der Waals surface area (Å²) in [5.41, 5.74) is 1.74. The third-order valence-electron chi connectivity index (χ3n) is 7.39. The van der Waals surface area contributed by atoms with Crippen molar-refractivity contribution in [3.8, 4) is 11.5 Å². The summed E-state index contributed by atoms with van der Waals surface area (Å²) in [6.07, 6.45) is 2.56. The first-order valence-electron chi connectivity index (χ1n) is 14.0. The van der Waals surface area contributed by atoms with E-state index in [0.29, 0.717) is 31.3 Å². The molecule has 40 heavy (non-hydrogen) atoms. The molecule has 218 valence electrons. The van der Waals surface area contributed by atoms with Gasteiger partial charge in [-0.15, -0.1) is 0 Å². The molecule has 1 fully saturated rings. The summed E-state index contributed by atoms with van der Waals surface area (Å²) < 4.78 is 16.8. The van der Waals surface area contributed by atoms with Crippen molar-refractivity contribution in [2.45, 2.75) is 65.5 Å². The van der Waals surface area contributed by atoms with Crippen LogP contribution in [0.2, 0.25) is 0 Å². The van der Waals surface area contributed by atoms with Gasteiger partial charge in [0, 0.05) is 19.0 Å². The lowest BCUT2D eigenvalue weighted by Gasteiger charge is -2.48. The number of amides is 3. The van der Waals surface area contributed by atoms with Crippen LogP contribution < -0.4 is 14.8 Å². The smallest absolute Gasteiger partial charge is 0.335 e. The predicted octanol–water partition coefficient (Wildman–Crippen LogP) is 4.66. The monoisotopic (exact) mass is 553 g/mol. The lowest BCUT2D eigenvalue weighted by Crippen LogP contribution is -2.76. The van der Waals surface area contributed by atoms with E-state index in [-0.39, 0.29) is 25.0 Å². The summed E-state index contributed by atoms with van der Waals surface area (Å²) in [5.74, 6) is 0.692. The zero-order chi connectivity index (χ0) is 29.3. The van der Waals surface area contributed by atoms with Gasteiger partial charge in [-0.05, 0) is 70.2 Å². The number of urea groups is 1. The highest BCUT2D eigenvalue weighted by Gasteiger charge is 2.53. The number of hydrogen-bond acceptors (Lipinski definition) is 6. The number of rotatable bonds is 13. The average molecular weight is 554 g/mol. The molecular formula is C31H43N3O6. The zero-order valence-corrected chi connectivity index (χ0v) is 24.6. The molecule has 0 spiro atoms. The van der Waals surface area contributed by atoms with Crippen LogP contribution in [0.1, 0.15) is 63.3 Å². The van der Waals surface area contributed by atoms with Gasteiger partial charge >= 0.3 is 12.0 Å². The van der Waals surface area contributed by atoms with Gasteiger partial charge in [0.05, 0.1) is 39.5 Å². The molecule has 3 amide bonds. The molecule has 0 unspecified atom stereocenters. The molecule has 0 bridgehead atoms. The number of hydrogen-bond donors (Lipinski definition) is 1. The molecule has 1 saturated heterocycles. The molecule has 9 nitrogen and oxygen atoms in total. The molecule has 1 atom stereocenters. The third kappa shape index (κ3) is 7.25. The van der Waals surface area contributed by atoms with Crippen molar-refractivity contribution in [1.29, 1.82) is 0 Å². The van der Waals surface area contributed by atoms with Crippen LogP contribution in [0.4, 0.5) is 4.79 Å². The van der Waals surface area contributed by atoms with Crippen molar-refractivity contribution in [3.05, 3.63) is 59.2 Å². The molecule has 0 radical (unpaired) electrons. The number of aryl methyl sites for hydroxylation is 1. The normalized spacial score (nSPS) is 14.5. The topological polar surface area (TPSA) is 97.4 Å². The fourth-order valence-corrected chi connectivity index (χ4v) is 5.00. The van der Waals surface area contributed by atoms with Gasteiger partial charge < -0.3 is 29.3 Å². The Morgan fingerprint density at radius 2 is 1.62 bits per heavy atom. The van der Waals surface area contributed by atoms with E-state index in [2.05, 4.69) is 17.4 Å². The van der Waals surface area contributed by atoms with E-state index >= 15 is 0 Å². The highest BCUT2D eigenvalue weighted by Crippen LogP contribution is 2.35. The second-order valence-electron chi connectivity index (χ2n) is 10.2. The second-order valence-corrected chi connectivity index (χ2v) is 10.2. The molecule has 9 heteroatoms. The van der Waals surface area contributed by atoms with E-state index in [4.69, 9.17) is 14.2 Å². The quantitative estimate of drug-likeness (QED) is 0.286. The molecule has 0 saturated carbocycles. The molecule has 1 N–H and O–H groups in total. The molecule has 2 aromatic carbocycles. The number of nitrogens with one attached hydrogen (secondary N) is 1. The average Bonchev–Trinajstić information content (AvgIpc) is 2.92. The van der Waals surface area contributed by atoms with Crippen LogP contribution in [0.15, 0.2) is 42.5 Å². The number of likely N-dealkylation sites (tertiary alicyclic amines) is 1. The van der Waals surface area contributed by atoms with Crippen LogP contribution in [0, 0.1) is 6.92 Å². The van der Waals surface area contributed by atoms with Gasteiger partial charge in [0.25, 0.3) is 0 Å². The number of benzene rings is 2. The minimum atomic E-state index is -1.28. The fraction of sp³-hybridized carbons (Fsp3) is 0.516. The van der Waals surface area contributed by atoms with Gasteiger partial charge in [-0.1, -0.05) is 30.3 Å². The van der Waals surface area contributed by atoms with Crippen LogP contribution in [-0.2, 0) is 20.7 Å². The number of unbranched alkanes of at least 4 members (excludes halogenated alkanes) is 1. The van der Waals surface area contributed by atoms with Crippen LogP contribution in [0.5, 0.6) is 11.5 Å². The Bertz CT molecular complexity index is 1140. The Labute approximate surface area is 237 Å². The predicted molar refractivity (Wildman–Crippen MR) is 154 cm³/mol. The van der Waals surface area contributed by atoms with E-state index < -0.39 is 17.5 Å². The first-order chi connectivity index (χ1) is 19.2. The standard InChI is InChI=1S/C31H43N3O6/c1-7-39-27-18-26(19-28(22(27)3)40-8-2)23(4)34(17-13-12-16-25-14-10-9-11-15-25)30(37)32-31(29(36)38-6)20-33(21-31)24(5)35/h9-11,14-15,18-19,23H,7-8,12-13,16-17,20-21H2,1-6H3,(H,32,37)/t23-/m1/s1. The molecule has 1 heterocycles. The molecular weight excluding hydrogens is 510 g/mol. The maximum atomic E-state index is 13.9. The lowest BCUT2D eigenvalue weighted by molar-refractivity contribution is -0.160. The van der Waals surface area contributed by atoms with Crippen molar-refractivity contribution in [3.63, 3.8) is 0 Å². The fourth-order valence-electron chi connectivity index (χ4n) is 5.00. The first kappa shape index (κ1) is 30.8. The second kappa shape index (κ2) is 14.1. The molecule has 1 aliphatic rings. The van der Waals surface area contributed by atoms with Crippen molar-refractivity contribution in [1.82, 2.24) is 15.1 Å². The number of nitrogens with zero attached hydrogens (tertiary/aromatic N) is 2. The van der Waals surface area contributed by atoms with Crippen molar-refractivity contribution < 1.29 is 28.6 Å². The van der Waals surface area contributed by atoms with Gasteiger partial charge in [-0.25, -0.2) is 9.59 Å². The summed E-state index contributed by atoms with van der Waals surface area (Å²) in [4.78, 5) is 41.7. The number of ether oxygens (including phenoxy) is 3. The number of methoxy groups -OCH3 is 1. The number of carbonyl (C=O) groups is 3. The molecule has 3 rings (SSSR count). The van der Waals surface area contributed by atoms with Crippen LogP contribution in [-0.4, -0.2) is 73.2 Å². The van der Waals surface area contributed by atoms with E-state index in [1.54, 1.807) is 4.90 Å². The summed E-state index contributed by atoms with van der Waals surface area (Å²) in [6.45, 7) is 10.8. The molecule has 0 aromatic heterocycles. The summed E-state index contributed by atoms with van der Waals surface area (Å²) in [6, 6.07) is 13.4. The number of carbonyl (C=O) groups excluding carboxylic acids is 3.